The molecule has 0 amide bonds. The average Bonchev–Trinajstić information content (AvgIpc) is 3.09. The number of rotatable bonds is 4. The van der Waals surface area contributed by atoms with Crippen LogP contribution in [0.2, 0.25) is 0 Å². The SMILES string of the molecule is CCc1nn2c(N3CCN(C)CC3)ccnc2c1S(=O)(=O)c1ccccc1. The largest absolute Gasteiger partial charge is 0.354 e. The molecule has 7 nitrogen and oxygen atoms in total. The molecular weight excluding hydrogens is 362 g/mol. The molecule has 3 aromatic rings. The monoisotopic (exact) mass is 385 g/mol. The van der Waals surface area contributed by atoms with Crippen LogP contribution in [0, 0.1) is 0 Å². The Morgan fingerprint density at radius 2 is 1.74 bits per heavy atom. The lowest BCUT2D eigenvalue weighted by molar-refractivity contribution is 0.311. The van der Waals surface area contributed by atoms with Gasteiger partial charge in [-0.1, -0.05) is 25.1 Å². The van der Waals surface area contributed by atoms with Gasteiger partial charge in [0.05, 0.1) is 10.6 Å². The Bertz CT molecular complexity index is 1050. The minimum atomic E-state index is -3.69. The highest BCUT2D eigenvalue weighted by Gasteiger charge is 2.29. The van der Waals surface area contributed by atoms with Crippen molar-refractivity contribution in [2.75, 3.05) is 38.1 Å². The van der Waals surface area contributed by atoms with Crippen LogP contribution < -0.4 is 4.90 Å². The van der Waals surface area contributed by atoms with Crippen molar-refractivity contribution in [2.45, 2.75) is 23.1 Å². The third-order valence-corrected chi connectivity index (χ3v) is 6.86. The van der Waals surface area contributed by atoms with Crippen molar-refractivity contribution >= 4 is 21.3 Å². The Hall–Kier alpha value is -2.45. The Morgan fingerprint density at radius 1 is 1.04 bits per heavy atom. The van der Waals surface area contributed by atoms with Crippen molar-refractivity contribution in [2.24, 2.45) is 0 Å². The summed E-state index contributed by atoms with van der Waals surface area (Å²) < 4.78 is 28.3. The maximum Gasteiger partial charge on any atom is 0.212 e. The molecule has 27 heavy (non-hydrogen) atoms. The van der Waals surface area contributed by atoms with E-state index in [9.17, 15) is 8.42 Å². The Kier molecular flexibility index (Phi) is 4.61. The zero-order chi connectivity index (χ0) is 19.0. The molecule has 0 N–H and O–H groups in total. The highest BCUT2D eigenvalue weighted by atomic mass is 32.2. The number of fused-ring (bicyclic) bond motifs is 1. The quantitative estimate of drug-likeness (QED) is 0.683. The normalized spacial score (nSPS) is 16.1. The van der Waals surface area contributed by atoms with Gasteiger partial charge < -0.3 is 9.80 Å². The number of hydrogen-bond acceptors (Lipinski definition) is 6. The topological polar surface area (TPSA) is 70.8 Å². The van der Waals surface area contributed by atoms with E-state index in [1.807, 2.05) is 13.0 Å². The minimum absolute atomic E-state index is 0.215. The fourth-order valence-electron chi connectivity index (χ4n) is 3.46. The number of aryl methyl sites for hydroxylation is 1. The van der Waals surface area contributed by atoms with E-state index in [0.29, 0.717) is 17.8 Å². The van der Waals surface area contributed by atoms with Gasteiger partial charge in [-0.3, -0.25) is 0 Å². The molecule has 1 fully saturated rings. The molecule has 1 saturated heterocycles. The lowest BCUT2D eigenvalue weighted by Crippen LogP contribution is -2.45. The Morgan fingerprint density at radius 3 is 2.41 bits per heavy atom. The van der Waals surface area contributed by atoms with Crippen LogP contribution in [0.15, 0.2) is 52.4 Å². The number of likely N-dealkylation sites (N-methyl/N-ethyl adjacent to an activating group) is 1. The highest BCUT2D eigenvalue weighted by Crippen LogP contribution is 2.30. The van der Waals surface area contributed by atoms with Crippen molar-refractivity contribution in [1.29, 1.82) is 0 Å². The summed E-state index contributed by atoms with van der Waals surface area (Å²) in [5.74, 6) is 0.886. The molecule has 0 spiro atoms. The number of hydrogen-bond donors (Lipinski definition) is 0. The predicted octanol–water partition coefficient (Wildman–Crippen LogP) is 1.88. The van der Waals surface area contributed by atoms with Gasteiger partial charge in [-0.05, 0) is 31.7 Å². The summed E-state index contributed by atoms with van der Waals surface area (Å²) in [5, 5.41) is 4.64. The van der Waals surface area contributed by atoms with Crippen LogP contribution in [-0.2, 0) is 16.3 Å². The Labute approximate surface area is 159 Å². The van der Waals surface area contributed by atoms with Crippen LogP contribution in [-0.4, -0.2) is 61.1 Å². The number of sulfone groups is 1. The number of aromatic nitrogens is 3. The standard InChI is InChI=1S/C19H23N5O2S/c1-3-16-18(27(25,26)15-7-5-4-6-8-15)19-20-10-9-17(24(19)21-16)23-13-11-22(2)12-14-23/h4-10H,3,11-14H2,1-2H3. The van der Waals surface area contributed by atoms with Gasteiger partial charge in [-0.2, -0.15) is 9.61 Å². The van der Waals surface area contributed by atoms with Crippen LogP contribution in [0.1, 0.15) is 12.6 Å². The fourth-order valence-corrected chi connectivity index (χ4v) is 5.08. The van der Waals surface area contributed by atoms with Gasteiger partial charge in [0.15, 0.2) is 5.65 Å². The van der Waals surface area contributed by atoms with Gasteiger partial charge in [0.1, 0.15) is 10.7 Å². The van der Waals surface area contributed by atoms with Crippen molar-refractivity contribution in [1.82, 2.24) is 19.5 Å². The number of nitrogens with zero attached hydrogens (tertiary/aromatic N) is 5. The molecule has 1 aliphatic heterocycles. The molecule has 3 heterocycles. The molecule has 0 unspecified atom stereocenters. The van der Waals surface area contributed by atoms with Gasteiger partial charge in [0, 0.05) is 32.4 Å². The zero-order valence-electron chi connectivity index (χ0n) is 15.5. The van der Waals surface area contributed by atoms with Crippen molar-refractivity contribution in [3.05, 3.63) is 48.3 Å². The lowest BCUT2D eigenvalue weighted by atomic mass is 10.3. The average molecular weight is 385 g/mol. The maximum absolute atomic E-state index is 13.3. The van der Waals surface area contributed by atoms with Gasteiger partial charge in [0.25, 0.3) is 0 Å². The molecule has 0 saturated carbocycles. The van der Waals surface area contributed by atoms with Crippen LogP contribution >= 0.6 is 0 Å². The van der Waals surface area contributed by atoms with Crippen molar-refractivity contribution in [3.8, 4) is 0 Å². The summed E-state index contributed by atoms with van der Waals surface area (Å²) >= 11 is 0. The van der Waals surface area contributed by atoms with Gasteiger partial charge in [0.2, 0.25) is 9.84 Å². The summed E-state index contributed by atoms with van der Waals surface area (Å²) in [4.78, 5) is 9.39. The van der Waals surface area contributed by atoms with E-state index in [4.69, 9.17) is 0 Å². The third-order valence-electron chi connectivity index (χ3n) is 5.01. The molecule has 0 aliphatic carbocycles. The zero-order valence-corrected chi connectivity index (χ0v) is 16.4. The van der Waals surface area contributed by atoms with Gasteiger partial charge in [-0.25, -0.2) is 13.4 Å². The number of anilines is 1. The molecule has 0 bridgehead atoms. The number of piperazine rings is 1. The third kappa shape index (κ3) is 3.08. The van der Waals surface area contributed by atoms with E-state index in [-0.39, 0.29) is 9.79 Å². The van der Waals surface area contributed by atoms with Crippen molar-refractivity contribution < 1.29 is 8.42 Å². The van der Waals surface area contributed by atoms with Crippen LogP contribution in [0.5, 0.6) is 0 Å². The first kappa shape index (κ1) is 17.9. The first-order chi connectivity index (χ1) is 13.0. The van der Waals surface area contributed by atoms with Gasteiger partial charge >= 0.3 is 0 Å². The molecule has 1 aliphatic rings. The number of benzene rings is 1. The van der Waals surface area contributed by atoms with Crippen LogP contribution in [0.25, 0.3) is 5.65 Å². The smallest absolute Gasteiger partial charge is 0.212 e. The minimum Gasteiger partial charge on any atom is -0.354 e. The maximum atomic E-state index is 13.3. The molecule has 8 heteroatoms. The Balaban J connectivity index is 1.89. The summed E-state index contributed by atoms with van der Waals surface area (Å²) in [6.45, 7) is 5.58. The molecule has 1 aromatic carbocycles. The fraction of sp³-hybridized carbons (Fsp3) is 0.368. The first-order valence-electron chi connectivity index (χ1n) is 9.12. The summed E-state index contributed by atoms with van der Waals surface area (Å²) in [6.07, 6.45) is 2.20. The highest BCUT2D eigenvalue weighted by molar-refractivity contribution is 7.91. The van der Waals surface area contributed by atoms with Crippen LogP contribution in [0.4, 0.5) is 5.82 Å². The first-order valence-corrected chi connectivity index (χ1v) is 10.6. The molecule has 4 rings (SSSR count). The second-order valence-electron chi connectivity index (χ2n) is 6.77. The lowest BCUT2D eigenvalue weighted by Gasteiger charge is -2.33. The van der Waals surface area contributed by atoms with E-state index < -0.39 is 9.84 Å². The second-order valence-corrected chi connectivity index (χ2v) is 8.66. The summed E-state index contributed by atoms with van der Waals surface area (Å²) in [6, 6.07) is 10.4. The van der Waals surface area contributed by atoms with Gasteiger partial charge in [-0.15, -0.1) is 0 Å². The van der Waals surface area contributed by atoms with E-state index in [0.717, 1.165) is 32.0 Å². The predicted molar refractivity (Wildman–Crippen MR) is 104 cm³/mol. The molecule has 2 aromatic heterocycles. The molecule has 0 radical (unpaired) electrons. The summed E-state index contributed by atoms with van der Waals surface area (Å²) in [5.41, 5.74) is 0.945. The van der Waals surface area contributed by atoms with Crippen LogP contribution in [0.3, 0.4) is 0 Å². The van der Waals surface area contributed by atoms with E-state index in [1.54, 1.807) is 41.0 Å². The second kappa shape index (κ2) is 6.94. The van der Waals surface area contributed by atoms with E-state index in [1.165, 1.54) is 0 Å². The molecular formula is C19H23N5O2S. The van der Waals surface area contributed by atoms with E-state index >= 15 is 0 Å². The van der Waals surface area contributed by atoms with Crippen molar-refractivity contribution in [3.63, 3.8) is 0 Å². The summed E-state index contributed by atoms with van der Waals surface area (Å²) in [7, 11) is -1.59. The van der Waals surface area contributed by atoms with E-state index in [2.05, 4.69) is 26.9 Å². The molecule has 0 atom stereocenters. The molecule has 142 valence electrons.